The van der Waals surface area contributed by atoms with Crippen LogP contribution < -0.4 is 0 Å². The molecule has 0 aliphatic carbocycles. The average Bonchev–Trinajstić information content (AvgIpc) is 2.01. The number of aryl methyl sites for hydroxylation is 1. The molecule has 3 nitrogen and oxygen atoms in total. The highest BCUT2D eigenvalue weighted by molar-refractivity contribution is 5.82. The van der Waals surface area contributed by atoms with Crippen LogP contribution in [0.2, 0.25) is 0 Å². The molecule has 0 aromatic carbocycles. The van der Waals surface area contributed by atoms with Crippen molar-refractivity contribution < 1.29 is 4.79 Å². The lowest BCUT2D eigenvalue weighted by Gasteiger charge is -2.07. The smallest absolute Gasteiger partial charge is 0.152 e. The van der Waals surface area contributed by atoms with Crippen LogP contribution in [0.5, 0.6) is 0 Å². The lowest BCUT2D eigenvalue weighted by Crippen LogP contribution is -2.23. The normalized spacial score (nSPS) is 10.6. The summed E-state index contributed by atoms with van der Waals surface area (Å²) in [4.78, 5) is 17.5. The van der Waals surface area contributed by atoms with E-state index in [4.69, 9.17) is 0 Å². The van der Waals surface area contributed by atoms with Gasteiger partial charge in [0.1, 0.15) is 0 Å². The van der Waals surface area contributed by atoms with Gasteiger partial charge in [-0.3, -0.25) is 9.78 Å². The molecule has 1 heterocycles. The van der Waals surface area contributed by atoms with Crippen LogP contribution in [0.25, 0.3) is 0 Å². The fourth-order valence-electron chi connectivity index (χ4n) is 1.31. The van der Waals surface area contributed by atoms with Crippen molar-refractivity contribution >= 4 is 5.78 Å². The van der Waals surface area contributed by atoms with Gasteiger partial charge in [-0.2, -0.15) is 0 Å². The van der Waals surface area contributed by atoms with Gasteiger partial charge in [-0.15, -0.1) is 0 Å². The standard InChI is InChI=1S/C11H16N2O/c1-9-4-5-12-10(6-9)7-11(14)8-13(2)3/h4-6H,7-8H2,1-3H3. The van der Waals surface area contributed by atoms with Crippen molar-refractivity contribution in [2.24, 2.45) is 0 Å². The van der Waals surface area contributed by atoms with Crippen molar-refractivity contribution in [1.29, 1.82) is 0 Å². The number of carbonyl (C=O) groups is 1. The summed E-state index contributed by atoms with van der Waals surface area (Å²) in [5, 5.41) is 0. The van der Waals surface area contributed by atoms with Gasteiger partial charge in [-0.1, -0.05) is 0 Å². The quantitative estimate of drug-likeness (QED) is 0.715. The maximum absolute atomic E-state index is 11.5. The van der Waals surface area contributed by atoms with Crippen LogP contribution in [-0.4, -0.2) is 36.3 Å². The Labute approximate surface area is 84.8 Å². The van der Waals surface area contributed by atoms with Crippen molar-refractivity contribution in [2.75, 3.05) is 20.6 Å². The van der Waals surface area contributed by atoms with E-state index in [-0.39, 0.29) is 5.78 Å². The number of carbonyl (C=O) groups excluding carboxylic acids is 1. The third-order valence-corrected chi connectivity index (χ3v) is 1.84. The summed E-state index contributed by atoms with van der Waals surface area (Å²) in [5.41, 5.74) is 2.00. The van der Waals surface area contributed by atoms with Crippen LogP contribution in [0.4, 0.5) is 0 Å². The van der Waals surface area contributed by atoms with Crippen molar-refractivity contribution in [1.82, 2.24) is 9.88 Å². The van der Waals surface area contributed by atoms with E-state index in [1.807, 2.05) is 38.1 Å². The van der Waals surface area contributed by atoms with E-state index in [2.05, 4.69) is 4.98 Å². The van der Waals surface area contributed by atoms with Gasteiger partial charge in [0, 0.05) is 11.9 Å². The molecule has 0 saturated heterocycles. The molecule has 0 unspecified atom stereocenters. The first-order valence-corrected chi connectivity index (χ1v) is 4.66. The predicted octanol–water partition coefficient (Wildman–Crippen LogP) is 1.06. The van der Waals surface area contributed by atoms with Crippen LogP contribution >= 0.6 is 0 Å². The molecule has 0 aliphatic heterocycles. The molecular weight excluding hydrogens is 176 g/mol. The van der Waals surface area contributed by atoms with Gasteiger partial charge in [0.25, 0.3) is 0 Å². The lowest BCUT2D eigenvalue weighted by atomic mass is 10.1. The minimum absolute atomic E-state index is 0.202. The van der Waals surface area contributed by atoms with E-state index in [1.165, 1.54) is 0 Å². The highest BCUT2D eigenvalue weighted by Gasteiger charge is 2.05. The molecule has 3 heteroatoms. The third kappa shape index (κ3) is 3.66. The number of ketones is 1. The molecule has 0 spiro atoms. The molecule has 0 radical (unpaired) electrons. The number of aromatic nitrogens is 1. The Hall–Kier alpha value is -1.22. The van der Waals surface area contributed by atoms with Gasteiger partial charge in [-0.05, 0) is 38.7 Å². The topological polar surface area (TPSA) is 33.2 Å². The van der Waals surface area contributed by atoms with Crippen molar-refractivity contribution in [3.05, 3.63) is 29.6 Å². The van der Waals surface area contributed by atoms with Crippen LogP contribution in [-0.2, 0) is 11.2 Å². The van der Waals surface area contributed by atoms with Gasteiger partial charge < -0.3 is 4.90 Å². The molecule has 0 saturated carbocycles. The monoisotopic (exact) mass is 192 g/mol. The molecule has 1 aromatic heterocycles. The Kier molecular flexibility index (Phi) is 3.77. The number of likely N-dealkylation sites (N-methyl/N-ethyl adjacent to an activating group) is 1. The summed E-state index contributed by atoms with van der Waals surface area (Å²) in [7, 11) is 3.78. The maximum Gasteiger partial charge on any atom is 0.152 e. The molecule has 14 heavy (non-hydrogen) atoms. The van der Waals surface area contributed by atoms with E-state index >= 15 is 0 Å². The molecule has 0 atom stereocenters. The molecule has 1 aromatic rings. The van der Waals surface area contributed by atoms with Crippen molar-refractivity contribution in [2.45, 2.75) is 13.3 Å². The maximum atomic E-state index is 11.5. The first-order chi connectivity index (χ1) is 6.58. The number of rotatable bonds is 4. The zero-order chi connectivity index (χ0) is 10.6. The highest BCUT2D eigenvalue weighted by atomic mass is 16.1. The molecule has 0 bridgehead atoms. The van der Waals surface area contributed by atoms with Gasteiger partial charge in [0.2, 0.25) is 0 Å². The summed E-state index contributed by atoms with van der Waals surface area (Å²) in [5.74, 6) is 0.202. The minimum atomic E-state index is 0.202. The first-order valence-electron chi connectivity index (χ1n) is 4.66. The second-order valence-electron chi connectivity index (χ2n) is 3.78. The molecule has 1 rings (SSSR count). The Morgan fingerprint density at radius 2 is 2.21 bits per heavy atom. The summed E-state index contributed by atoms with van der Waals surface area (Å²) in [6.45, 7) is 2.48. The van der Waals surface area contributed by atoms with Crippen LogP contribution in [0.1, 0.15) is 11.3 Å². The van der Waals surface area contributed by atoms with E-state index in [0.717, 1.165) is 11.3 Å². The number of nitrogens with zero attached hydrogens (tertiary/aromatic N) is 2. The van der Waals surface area contributed by atoms with Gasteiger partial charge >= 0.3 is 0 Å². The second kappa shape index (κ2) is 4.86. The molecular formula is C11H16N2O. The van der Waals surface area contributed by atoms with Crippen molar-refractivity contribution in [3.8, 4) is 0 Å². The van der Waals surface area contributed by atoms with Gasteiger partial charge in [-0.25, -0.2) is 0 Å². The van der Waals surface area contributed by atoms with Crippen molar-refractivity contribution in [3.63, 3.8) is 0 Å². The number of hydrogen-bond acceptors (Lipinski definition) is 3. The first kappa shape index (κ1) is 10.9. The summed E-state index contributed by atoms with van der Waals surface area (Å²) < 4.78 is 0. The molecule has 0 fully saturated rings. The Morgan fingerprint density at radius 3 is 2.79 bits per heavy atom. The Morgan fingerprint density at radius 1 is 1.50 bits per heavy atom. The summed E-state index contributed by atoms with van der Waals surface area (Å²) >= 11 is 0. The van der Waals surface area contributed by atoms with E-state index in [9.17, 15) is 4.79 Å². The fourth-order valence-corrected chi connectivity index (χ4v) is 1.31. The van der Waals surface area contributed by atoms with Crippen LogP contribution in [0, 0.1) is 6.92 Å². The molecule has 0 aliphatic rings. The summed E-state index contributed by atoms with van der Waals surface area (Å²) in [6.07, 6.45) is 2.17. The molecule has 0 amide bonds. The Bertz CT molecular complexity index is 321. The number of Topliss-reactive ketones (excluding diaryl/α,β-unsaturated/α-hetero) is 1. The Balaban J connectivity index is 2.56. The molecule has 0 N–H and O–H groups in total. The predicted molar refractivity (Wildman–Crippen MR) is 56.2 cm³/mol. The van der Waals surface area contributed by atoms with E-state index < -0.39 is 0 Å². The highest BCUT2D eigenvalue weighted by Crippen LogP contribution is 2.01. The van der Waals surface area contributed by atoms with E-state index in [0.29, 0.717) is 13.0 Å². The third-order valence-electron chi connectivity index (χ3n) is 1.84. The van der Waals surface area contributed by atoms with Crippen LogP contribution in [0.15, 0.2) is 18.3 Å². The van der Waals surface area contributed by atoms with E-state index in [1.54, 1.807) is 6.20 Å². The second-order valence-corrected chi connectivity index (χ2v) is 3.78. The largest absolute Gasteiger partial charge is 0.302 e. The number of hydrogen-bond donors (Lipinski definition) is 0. The SMILES string of the molecule is Cc1ccnc(CC(=O)CN(C)C)c1. The minimum Gasteiger partial charge on any atom is -0.302 e. The summed E-state index contributed by atoms with van der Waals surface area (Å²) in [6, 6.07) is 3.88. The number of pyridine rings is 1. The van der Waals surface area contributed by atoms with Gasteiger partial charge in [0.15, 0.2) is 5.78 Å². The zero-order valence-electron chi connectivity index (χ0n) is 8.95. The zero-order valence-corrected chi connectivity index (χ0v) is 8.95. The van der Waals surface area contributed by atoms with Gasteiger partial charge in [0.05, 0.1) is 13.0 Å². The fraction of sp³-hybridized carbons (Fsp3) is 0.455. The lowest BCUT2D eigenvalue weighted by molar-refractivity contribution is -0.119. The van der Waals surface area contributed by atoms with Crippen LogP contribution in [0.3, 0.4) is 0 Å². The average molecular weight is 192 g/mol. The molecule has 76 valence electrons.